The van der Waals surface area contributed by atoms with Crippen LogP contribution in [-0.2, 0) is 4.74 Å². The van der Waals surface area contributed by atoms with Crippen LogP contribution in [0.1, 0.15) is 40.0 Å². The molecule has 0 heterocycles. The van der Waals surface area contributed by atoms with Crippen LogP contribution in [0.3, 0.4) is 0 Å². The van der Waals surface area contributed by atoms with Crippen molar-refractivity contribution in [2.45, 2.75) is 45.6 Å². The molecule has 0 aromatic carbocycles. The van der Waals surface area contributed by atoms with Gasteiger partial charge in [0.15, 0.2) is 0 Å². The van der Waals surface area contributed by atoms with Crippen LogP contribution in [-0.4, -0.2) is 66.9 Å². The molecular formula is C14H30N2O3. The topological polar surface area (TPSA) is 53.0 Å². The van der Waals surface area contributed by atoms with Gasteiger partial charge in [-0.15, -0.1) is 0 Å². The number of unbranched alkanes of at least 4 members (excludes halogenated alkanes) is 1. The number of amides is 1. The highest BCUT2D eigenvalue weighted by molar-refractivity contribution is 5.67. The zero-order chi connectivity index (χ0) is 14.9. The molecule has 19 heavy (non-hydrogen) atoms. The molecule has 5 heteroatoms. The average Bonchev–Trinajstić information content (AvgIpc) is 2.29. The Bertz CT molecular complexity index is 252. The van der Waals surface area contributed by atoms with Crippen molar-refractivity contribution in [3.8, 4) is 0 Å². The van der Waals surface area contributed by atoms with Gasteiger partial charge in [-0.1, -0.05) is 0 Å². The molecule has 0 aliphatic rings. The van der Waals surface area contributed by atoms with Crippen molar-refractivity contribution < 1.29 is 14.6 Å². The fraction of sp³-hybridized carbons (Fsp3) is 0.929. The SMILES string of the molecule is CN(CCCO)CCCCN(C)C(=O)OC(C)(C)C. The Labute approximate surface area is 117 Å². The van der Waals surface area contributed by atoms with Crippen molar-refractivity contribution in [3.05, 3.63) is 0 Å². The summed E-state index contributed by atoms with van der Waals surface area (Å²) in [4.78, 5) is 15.5. The number of rotatable bonds is 8. The van der Waals surface area contributed by atoms with Gasteiger partial charge >= 0.3 is 6.09 Å². The fourth-order valence-electron chi connectivity index (χ4n) is 1.61. The molecule has 114 valence electrons. The molecule has 0 radical (unpaired) electrons. The molecule has 0 aliphatic carbocycles. The monoisotopic (exact) mass is 274 g/mol. The fourth-order valence-corrected chi connectivity index (χ4v) is 1.61. The first-order valence-electron chi connectivity index (χ1n) is 7.00. The van der Waals surface area contributed by atoms with Crippen LogP contribution < -0.4 is 0 Å². The van der Waals surface area contributed by atoms with Gasteiger partial charge in [-0.2, -0.15) is 0 Å². The molecule has 0 unspecified atom stereocenters. The van der Waals surface area contributed by atoms with Gasteiger partial charge in [0.25, 0.3) is 0 Å². The summed E-state index contributed by atoms with van der Waals surface area (Å²) in [5.74, 6) is 0. The van der Waals surface area contributed by atoms with Crippen molar-refractivity contribution >= 4 is 6.09 Å². The van der Waals surface area contributed by atoms with Gasteiger partial charge in [-0.05, 0) is 53.6 Å². The number of hydrogen-bond donors (Lipinski definition) is 1. The van der Waals surface area contributed by atoms with E-state index in [1.54, 1.807) is 11.9 Å². The third-order valence-electron chi connectivity index (χ3n) is 2.69. The van der Waals surface area contributed by atoms with E-state index in [1.165, 1.54) is 0 Å². The molecule has 0 aromatic rings. The second-order valence-corrected chi connectivity index (χ2v) is 5.99. The molecule has 0 fully saturated rings. The molecule has 5 nitrogen and oxygen atoms in total. The lowest BCUT2D eigenvalue weighted by molar-refractivity contribution is 0.0295. The maximum absolute atomic E-state index is 11.7. The predicted octanol–water partition coefficient (Wildman–Crippen LogP) is 1.95. The van der Waals surface area contributed by atoms with E-state index in [4.69, 9.17) is 9.84 Å². The second kappa shape index (κ2) is 9.15. The lowest BCUT2D eigenvalue weighted by Gasteiger charge is -2.24. The number of hydrogen-bond acceptors (Lipinski definition) is 4. The summed E-state index contributed by atoms with van der Waals surface area (Å²) in [6, 6.07) is 0. The number of aliphatic hydroxyl groups is 1. The van der Waals surface area contributed by atoms with Gasteiger partial charge < -0.3 is 19.6 Å². The molecule has 0 aliphatic heterocycles. The molecular weight excluding hydrogens is 244 g/mol. The van der Waals surface area contributed by atoms with Gasteiger partial charge in [0.05, 0.1) is 0 Å². The Kier molecular flexibility index (Phi) is 8.76. The van der Waals surface area contributed by atoms with Crippen molar-refractivity contribution in [3.63, 3.8) is 0 Å². The van der Waals surface area contributed by atoms with Crippen LogP contribution in [0, 0.1) is 0 Å². The molecule has 0 bridgehead atoms. The molecule has 0 aromatic heterocycles. The Morgan fingerprint density at radius 2 is 1.58 bits per heavy atom. The maximum atomic E-state index is 11.7. The van der Waals surface area contributed by atoms with E-state index in [9.17, 15) is 4.79 Å². The van der Waals surface area contributed by atoms with Gasteiger partial charge in [-0.25, -0.2) is 4.79 Å². The minimum absolute atomic E-state index is 0.242. The summed E-state index contributed by atoms with van der Waals surface area (Å²) in [6.45, 7) is 8.47. The third-order valence-corrected chi connectivity index (χ3v) is 2.69. The summed E-state index contributed by atoms with van der Waals surface area (Å²) < 4.78 is 5.28. The van der Waals surface area contributed by atoms with Crippen LogP contribution in [0.5, 0.6) is 0 Å². The lowest BCUT2D eigenvalue weighted by atomic mass is 10.2. The average molecular weight is 274 g/mol. The zero-order valence-electron chi connectivity index (χ0n) is 13.1. The highest BCUT2D eigenvalue weighted by atomic mass is 16.6. The smallest absolute Gasteiger partial charge is 0.410 e. The lowest BCUT2D eigenvalue weighted by Crippen LogP contribution is -2.35. The molecule has 0 saturated carbocycles. The second-order valence-electron chi connectivity index (χ2n) is 5.99. The number of ether oxygens (including phenoxy) is 1. The molecule has 0 saturated heterocycles. The minimum atomic E-state index is -0.435. The highest BCUT2D eigenvalue weighted by Crippen LogP contribution is 2.09. The summed E-state index contributed by atoms with van der Waals surface area (Å²) in [6.07, 6.45) is 2.55. The van der Waals surface area contributed by atoms with Crippen LogP contribution in [0.25, 0.3) is 0 Å². The zero-order valence-corrected chi connectivity index (χ0v) is 13.1. The van der Waals surface area contributed by atoms with Gasteiger partial charge in [-0.3, -0.25) is 0 Å². The molecule has 1 N–H and O–H groups in total. The number of nitrogens with zero attached hydrogens (tertiary/aromatic N) is 2. The van der Waals surface area contributed by atoms with Crippen LogP contribution in [0.2, 0.25) is 0 Å². The summed E-state index contributed by atoms with van der Waals surface area (Å²) in [7, 11) is 3.82. The quantitative estimate of drug-likeness (QED) is 0.687. The summed E-state index contributed by atoms with van der Waals surface area (Å²) in [5.41, 5.74) is -0.435. The van der Waals surface area contributed by atoms with E-state index < -0.39 is 5.60 Å². The van der Waals surface area contributed by atoms with E-state index in [-0.39, 0.29) is 12.7 Å². The Balaban J connectivity index is 3.68. The van der Waals surface area contributed by atoms with Crippen LogP contribution >= 0.6 is 0 Å². The standard InChI is InChI=1S/C14H30N2O3/c1-14(2,3)19-13(18)16(5)11-7-6-9-15(4)10-8-12-17/h17H,6-12H2,1-5H3. The maximum Gasteiger partial charge on any atom is 0.410 e. The first-order chi connectivity index (χ1) is 8.76. The number of aliphatic hydroxyl groups excluding tert-OH is 1. The van der Waals surface area contributed by atoms with E-state index in [1.807, 2.05) is 27.8 Å². The Hall–Kier alpha value is -0.810. The first kappa shape index (κ1) is 18.2. The van der Waals surface area contributed by atoms with Crippen LogP contribution in [0.15, 0.2) is 0 Å². The summed E-state index contributed by atoms with van der Waals surface area (Å²) in [5, 5.41) is 8.73. The number of carbonyl (C=O) groups is 1. The normalized spacial score (nSPS) is 11.7. The van der Waals surface area contributed by atoms with E-state index >= 15 is 0 Å². The number of carbonyl (C=O) groups excluding carboxylic acids is 1. The van der Waals surface area contributed by atoms with Crippen LogP contribution in [0.4, 0.5) is 4.79 Å². The minimum Gasteiger partial charge on any atom is -0.444 e. The van der Waals surface area contributed by atoms with Crippen molar-refractivity contribution in [2.75, 3.05) is 40.3 Å². The molecule has 0 rings (SSSR count). The van der Waals surface area contributed by atoms with Gasteiger partial charge in [0, 0.05) is 26.7 Å². The highest BCUT2D eigenvalue weighted by Gasteiger charge is 2.18. The van der Waals surface area contributed by atoms with Crippen molar-refractivity contribution in [1.29, 1.82) is 0 Å². The predicted molar refractivity (Wildman–Crippen MR) is 77.3 cm³/mol. The van der Waals surface area contributed by atoms with Gasteiger partial charge in [0.2, 0.25) is 0 Å². The molecule has 0 atom stereocenters. The van der Waals surface area contributed by atoms with Crippen molar-refractivity contribution in [1.82, 2.24) is 9.80 Å². The third kappa shape index (κ3) is 10.8. The van der Waals surface area contributed by atoms with Gasteiger partial charge in [0.1, 0.15) is 5.60 Å². The van der Waals surface area contributed by atoms with E-state index in [0.29, 0.717) is 6.54 Å². The Morgan fingerprint density at radius 3 is 2.11 bits per heavy atom. The van der Waals surface area contributed by atoms with E-state index in [0.717, 1.165) is 32.4 Å². The molecule has 1 amide bonds. The summed E-state index contributed by atoms with van der Waals surface area (Å²) >= 11 is 0. The van der Waals surface area contributed by atoms with E-state index in [2.05, 4.69) is 4.90 Å². The first-order valence-corrected chi connectivity index (χ1v) is 7.00. The van der Waals surface area contributed by atoms with Crippen molar-refractivity contribution in [2.24, 2.45) is 0 Å². The molecule has 0 spiro atoms. The Morgan fingerprint density at radius 1 is 1.05 bits per heavy atom. The largest absolute Gasteiger partial charge is 0.444 e.